The number of rotatable bonds is 6. The third-order valence-corrected chi connectivity index (χ3v) is 5.51. The summed E-state index contributed by atoms with van der Waals surface area (Å²) in [4.78, 5) is 14.8. The molecular weight excluding hydrogens is 394 g/mol. The van der Waals surface area contributed by atoms with Gasteiger partial charge in [0.1, 0.15) is 29.0 Å². The number of likely N-dealkylation sites (tertiary alicyclic amines) is 1. The highest BCUT2D eigenvalue weighted by atomic mass is 16.5. The summed E-state index contributed by atoms with van der Waals surface area (Å²) in [5.41, 5.74) is 3.09. The van der Waals surface area contributed by atoms with Crippen LogP contribution in [0.3, 0.4) is 0 Å². The number of methoxy groups -OCH3 is 2. The minimum Gasteiger partial charge on any atom is -0.497 e. The summed E-state index contributed by atoms with van der Waals surface area (Å²) in [5, 5.41) is 7.21. The van der Waals surface area contributed by atoms with E-state index in [1.807, 2.05) is 48.2 Å². The van der Waals surface area contributed by atoms with Crippen molar-refractivity contribution in [2.24, 2.45) is 0 Å². The number of carbonyl (C=O) groups excluding carboxylic acids is 1. The van der Waals surface area contributed by atoms with Gasteiger partial charge in [-0.05, 0) is 42.8 Å². The van der Waals surface area contributed by atoms with Gasteiger partial charge in [-0.25, -0.2) is 0 Å². The van der Waals surface area contributed by atoms with E-state index in [1.165, 1.54) is 5.56 Å². The normalized spacial score (nSPS) is 14.4. The highest BCUT2D eigenvalue weighted by Gasteiger charge is 2.26. The number of aryl methyl sites for hydroxylation is 1. The molecule has 3 aromatic rings. The van der Waals surface area contributed by atoms with Gasteiger partial charge in [0.2, 0.25) is 0 Å². The van der Waals surface area contributed by atoms with Crippen LogP contribution in [0.4, 0.5) is 0 Å². The monoisotopic (exact) mass is 421 g/mol. The molecule has 7 nitrogen and oxygen atoms in total. The van der Waals surface area contributed by atoms with Crippen LogP contribution in [0.1, 0.15) is 28.9 Å². The molecule has 1 saturated heterocycles. The molecule has 1 amide bonds. The van der Waals surface area contributed by atoms with Gasteiger partial charge in [-0.3, -0.25) is 9.89 Å². The van der Waals surface area contributed by atoms with Crippen LogP contribution in [-0.2, 0) is 0 Å². The minimum atomic E-state index is -0.0553. The molecule has 1 aromatic heterocycles. The number of ether oxygens (including phenoxy) is 3. The van der Waals surface area contributed by atoms with Crippen molar-refractivity contribution in [2.75, 3.05) is 27.3 Å². The fourth-order valence-corrected chi connectivity index (χ4v) is 3.81. The van der Waals surface area contributed by atoms with Gasteiger partial charge in [0.15, 0.2) is 0 Å². The second kappa shape index (κ2) is 9.12. The minimum absolute atomic E-state index is 0.0553. The molecule has 0 bridgehead atoms. The maximum atomic E-state index is 13.0. The van der Waals surface area contributed by atoms with E-state index in [1.54, 1.807) is 26.4 Å². The van der Waals surface area contributed by atoms with Crippen molar-refractivity contribution in [1.29, 1.82) is 0 Å². The Morgan fingerprint density at radius 1 is 1.03 bits per heavy atom. The first-order valence-corrected chi connectivity index (χ1v) is 10.4. The lowest BCUT2D eigenvalue weighted by Gasteiger charge is -2.32. The van der Waals surface area contributed by atoms with Crippen LogP contribution in [-0.4, -0.2) is 54.4 Å². The number of hydrogen-bond donors (Lipinski definition) is 1. The Labute approximate surface area is 181 Å². The molecule has 1 N–H and O–H groups in total. The van der Waals surface area contributed by atoms with Gasteiger partial charge in [0.05, 0.1) is 19.9 Å². The van der Waals surface area contributed by atoms with Crippen molar-refractivity contribution < 1.29 is 19.0 Å². The van der Waals surface area contributed by atoms with E-state index in [9.17, 15) is 4.79 Å². The molecule has 0 spiro atoms. The molecule has 2 aromatic carbocycles. The third kappa shape index (κ3) is 4.66. The van der Waals surface area contributed by atoms with Gasteiger partial charge in [-0.2, -0.15) is 5.10 Å². The molecule has 4 rings (SSSR count). The maximum absolute atomic E-state index is 13.0. The topological polar surface area (TPSA) is 76.7 Å². The van der Waals surface area contributed by atoms with Crippen LogP contribution < -0.4 is 14.2 Å². The summed E-state index contributed by atoms with van der Waals surface area (Å²) in [6, 6.07) is 15.3. The molecule has 162 valence electrons. The zero-order valence-corrected chi connectivity index (χ0v) is 18.1. The summed E-state index contributed by atoms with van der Waals surface area (Å²) in [6.45, 7) is 3.35. The second-order valence-corrected chi connectivity index (χ2v) is 7.66. The molecule has 7 heteroatoms. The second-order valence-electron chi connectivity index (χ2n) is 7.66. The van der Waals surface area contributed by atoms with E-state index in [0.717, 1.165) is 24.2 Å². The summed E-state index contributed by atoms with van der Waals surface area (Å²) in [7, 11) is 3.20. The molecule has 2 heterocycles. The Bertz CT molecular complexity index is 1050. The molecule has 0 saturated carbocycles. The van der Waals surface area contributed by atoms with E-state index in [-0.39, 0.29) is 12.0 Å². The number of aromatic nitrogens is 2. The molecule has 0 atom stereocenters. The number of piperidine rings is 1. The van der Waals surface area contributed by atoms with Gasteiger partial charge >= 0.3 is 0 Å². The smallest absolute Gasteiger partial charge is 0.271 e. The van der Waals surface area contributed by atoms with E-state index < -0.39 is 0 Å². The Morgan fingerprint density at radius 2 is 1.84 bits per heavy atom. The third-order valence-electron chi connectivity index (χ3n) is 5.51. The molecular formula is C24H27N3O4. The highest BCUT2D eigenvalue weighted by molar-refractivity contribution is 5.93. The summed E-state index contributed by atoms with van der Waals surface area (Å²) >= 11 is 0. The fraction of sp³-hybridized carbons (Fsp3) is 0.333. The molecule has 0 aliphatic carbocycles. The van der Waals surface area contributed by atoms with Crippen LogP contribution in [0.5, 0.6) is 17.2 Å². The first-order chi connectivity index (χ1) is 15.1. The number of carbonyl (C=O) groups is 1. The average molecular weight is 421 g/mol. The van der Waals surface area contributed by atoms with E-state index in [0.29, 0.717) is 36.0 Å². The van der Waals surface area contributed by atoms with Gasteiger partial charge in [-0.15, -0.1) is 0 Å². The lowest BCUT2D eigenvalue weighted by Crippen LogP contribution is -2.41. The summed E-state index contributed by atoms with van der Waals surface area (Å²) in [5.74, 6) is 2.17. The molecule has 31 heavy (non-hydrogen) atoms. The Kier molecular flexibility index (Phi) is 6.11. The lowest BCUT2D eigenvalue weighted by atomic mass is 10.1. The van der Waals surface area contributed by atoms with Crippen molar-refractivity contribution >= 4 is 5.91 Å². The van der Waals surface area contributed by atoms with Gasteiger partial charge in [-0.1, -0.05) is 12.1 Å². The molecule has 1 aliphatic rings. The SMILES string of the molecule is COc1ccc(-c2cc(C(=O)N3CCC(Oc4cccc(C)c4)CC3)[nH]n2)c(OC)c1. The van der Waals surface area contributed by atoms with Gasteiger partial charge < -0.3 is 19.1 Å². The van der Waals surface area contributed by atoms with Crippen molar-refractivity contribution in [3.63, 3.8) is 0 Å². The first-order valence-electron chi connectivity index (χ1n) is 10.4. The molecule has 1 aliphatic heterocycles. The number of benzene rings is 2. The quantitative estimate of drug-likeness (QED) is 0.649. The van der Waals surface area contributed by atoms with Gasteiger partial charge in [0, 0.05) is 37.6 Å². The average Bonchev–Trinajstić information content (AvgIpc) is 3.28. The Balaban J connectivity index is 1.40. The van der Waals surface area contributed by atoms with E-state index in [2.05, 4.69) is 10.2 Å². The van der Waals surface area contributed by atoms with Crippen LogP contribution >= 0.6 is 0 Å². The number of aromatic amines is 1. The molecule has 1 fully saturated rings. The summed E-state index contributed by atoms with van der Waals surface area (Å²) < 4.78 is 16.8. The van der Waals surface area contributed by atoms with Gasteiger partial charge in [0.25, 0.3) is 5.91 Å². The van der Waals surface area contributed by atoms with Crippen LogP contribution in [0, 0.1) is 6.92 Å². The van der Waals surface area contributed by atoms with Crippen LogP contribution in [0.2, 0.25) is 0 Å². The van der Waals surface area contributed by atoms with Crippen molar-refractivity contribution in [2.45, 2.75) is 25.9 Å². The maximum Gasteiger partial charge on any atom is 0.271 e. The first kappa shape index (κ1) is 20.8. The highest BCUT2D eigenvalue weighted by Crippen LogP contribution is 2.32. The van der Waals surface area contributed by atoms with Crippen molar-refractivity contribution in [1.82, 2.24) is 15.1 Å². The van der Waals surface area contributed by atoms with E-state index >= 15 is 0 Å². The molecule has 0 unspecified atom stereocenters. The number of hydrogen-bond acceptors (Lipinski definition) is 5. The standard InChI is InChI=1S/C24H27N3O4/c1-16-5-4-6-19(13-16)31-17-9-11-27(12-10-17)24(28)22-15-21(25-26-22)20-8-7-18(29-2)14-23(20)30-3/h4-8,13-15,17H,9-12H2,1-3H3,(H,25,26). The molecule has 0 radical (unpaired) electrons. The van der Waals surface area contributed by atoms with Crippen LogP contribution in [0.15, 0.2) is 48.5 Å². The Morgan fingerprint density at radius 3 is 2.55 bits per heavy atom. The van der Waals surface area contributed by atoms with Crippen molar-refractivity contribution in [3.05, 3.63) is 59.8 Å². The predicted octanol–water partition coefficient (Wildman–Crippen LogP) is 4.09. The fourth-order valence-electron chi connectivity index (χ4n) is 3.81. The van der Waals surface area contributed by atoms with Crippen LogP contribution in [0.25, 0.3) is 11.3 Å². The predicted molar refractivity (Wildman–Crippen MR) is 118 cm³/mol. The summed E-state index contributed by atoms with van der Waals surface area (Å²) in [6.07, 6.45) is 1.71. The zero-order valence-electron chi connectivity index (χ0n) is 18.1. The number of H-pyrrole nitrogens is 1. The number of nitrogens with zero attached hydrogens (tertiary/aromatic N) is 2. The number of nitrogens with one attached hydrogen (secondary N) is 1. The van der Waals surface area contributed by atoms with Crippen molar-refractivity contribution in [3.8, 4) is 28.5 Å². The lowest BCUT2D eigenvalue weighted by molar-refractivity contribution is 0.0590. The number of amides is 1. The zero-order chi connectivity index (χ0) is 21.8. The van der Waals surface area contributed by atoms with E-state index in [4.69, 9.17) is 14.2 Å². The Hall–Kier alpha value is -3.48. The largest absolute Gasteiger partial charge is 0.497 e.